The number of aryl methyl sites for hydroxylation is 1. The number of hydrogen-bond acceptors (Lipinski definition) is 5. The number of carbonyl (C=O) groups is 2. The summed E-state index contributed by atoms with van der Waals surface area (Å²) in [5.74, 6) is 0.206. The van der Waals surface area contributed by atoms with Crippen LogP contribution in [0, 0.1) is 6.92 Å². The Balaban J connectivity index is 0.00000306. The Hall–Kier alpha value is -2.58. The van der Waals surface area contributed by atoms with Gasteiger partial charge in [0.25, 0.3) is 5.91 Å². The number of carbonyl (C=O) groups excluding carboxylic acids is 2. The molecule has 0 spiro atoms. The summed E-state index contributed by atoms with van der Waals surface area (Å²) in [7, 11) is 0. The van der Waals surface area contributed by atoms with Crippen LogP contribution >= 0.6 is 12.4 Å². The van der Waals surface area contributed by atoms with Gasteiger partial charge < -0.3 is 20.3 Å². The van der Waals surface area contributed by atoms with Gasteiger partial charge in [-0.15, -0.1) is 12.4 Å². The number of halogens is 1. The van der Waals surface area contributed by atoms with E-state index in [0.717, 1.165) is 55.7 Å². The first-order valence-electron chi connectivity index (χ1n) is 11.6. The lowest BCUT2D eigenvalue weighted by Crippen LogP contribution is -2.46. The Morgan fingerprint density at radius 3 is 2.58 bits per heavy atom. The molecule has 0 atom stereocenters. The summed E-state index contributed by atoms with van der Waals surface area (Å²) in [6.45, 7) is 7.31. The molecule has 180 valence electrons. The molecule has 2 saturated heterocycles. The summed E-state index contributed by atoms with van der Waals surface area (Å²) in [5, 5.41) is 11.2. The van der Waals surface area contributed by atoms with Crippen molar-refractivity contribution < 1.29 is 14.3 Å². The molecule has 0 radical (unpaired) electrons. The molecule has 3 heterocycles. The van der Waals surface area contributed by atoms with Crippen LogP contribution in [0.5, 0.6) is 0 Å². The molecule has 0 unspecified atom stereocenters. The van der Waals surface area contributed by atoms with Crippen molar-refractivity contribution >= 4 is 24.4 Å². The van der Waals surface area contributed by atoms with E-state index in [-0.39, 0.29) is 36.4 Å². The summed E-state index contributed by atoms with van der Waals surface area (Å²) in [4.78, 5) is 27.0. The maximum atomic E-state index is 13.3. The van der Waals surface area contributed by atoms with Crippen LogP contribution in [-0.4, -0.2) is 65.5 Å². The van der Waals surface area contributed by atoms with E-state index in [9.17, 15) is 9.59 Å². The number of benzene rings is 1. The lowest BCUT2D eigenvalue weighted by Gasteiger charge is -2.31. The van der Waals surface area contributed by atoms with E-state index in [2.05, 4.69) is 34.8 Å². The molecule has 2 fully saturated rings. The zero-order valence-electron chi connectivity index (χ0n) is 19.4. The van der Waals surface area contributed by atoms with E-state index in [1.54, 1.807) is 11.1 Å². The average Bonchev–Trinajstić information content (AvgIpc) is 3.26. The highest BCUT2D eigenvalue weighted by Crippen LogP contribution is 2.30. The number of aromatic nitrogens is 2. The fraction of sp³-hybridized carbons (Fsp3) is 0.542. The molecular formula is C24H34ClN5O3. The minimum atomic E-state index is -0.273. The number of amides is 2. The van der Waals surface area contributed by atoms with E-state index in [4.69, 9.17) is 4.74 Å². The molecule has 8 nitrogen and oxygen atoms in total. The first kappa shape index (κ1) is 25.1. The second-order valence-corrected chi connectivity index (χ2v) is 8.65. The molecule has 0 aliphatic carbocycles. The molecule has 2 amide bonds. The van der Waals surface area contributed by atoms with Crippen LogP contribution in [-0.2, 0) is 4.74 Å². The minimum absolute atomic E-state index is 0. The molecule has 0 saturated carbocycles. The second-order valence-electron chi connectivity index (χ2n) is 8.65. The van der Waals surface area contributed by atoms with Crippen LogP contribution in [0.25, 0.3) is 5.69 Å². The number of piperidine rings is 2. The van der Waals surface area contributed by atoms with Gasteiger partial charge in [-0.2, -0.15) is 5.10 Å². The van der Waals surface area contributed by atoms with Crippen molar-refractivity contribution in [3.63, 3.8) is 0 Å². The quantitative estimate of drug-likeness (QED) is 0.691. The molecule has 9 heteroatoms. The SMILES string of the molecule is CCOC(=O)N1CCC(NC(=O)c2cnn(-c3cccc(C)c3)c2C2CCNCC2)CC1.Cl. The van der Waals surface area contributed by atoms with Crippen molar-refractivity contribution in [3.8, 4) is 5.69 Å². The monoisotopic (exact) mass is 475 g/mol. The fourth-order valence-electron chi connectivity index (χ4n) is 4.67. The third-order valence-electron chi connectivity index (χ3n) is 6.38. The van der Waals surface area contributed by atoms with Gasteiger partial charge in [-0.1, -0.05) is 12.1 Å². The Morgan fingerprint density at radius 2 is 1.91 bits per heavy atom. The number of rotatable bonds is 5. The summed E-state index contributed by atoms with van der Waals surface area (Å²) in [5.41, 5.74) is 3.80. The van der Waals surface area contributed by atoms with Crippen LogP contribution in [0.15, 0.2) is 30.5 Å². The van der Waals surface area contributed by atoms with Gasteiger partial charge in [0.05, 0.1) is 29.7 Å². The smallest absolute Gasteiger partial charge is 0.409 e. The molecule has 2 N–H and O–H groups in total. The Labute approximate surface area is 201 Å². The fourth-order valence-corrected chi connectivity index (χ4v) is 4.67. The Kier molecular flexibility index (Phi) is 8.74. The largest absolute Gasteiger partial charge is 0.450 e. The lowest BCUT2D eigenvalue weighted by atomic mass is 9.91. The number of likely N-dealkylation sites (tertiary alicyclic amines) is 1. The minimum Gasteiger partial charge on any atom is -0.450 e. The van der Waals surface area contributed by atoms with E-state index < -0.39 is 0 Å². The maximum Gasteiger partial charge on any atom is 0.409 e. The molecule has 2 aromatic rings. The van der Waals surface area contributed by atoms with E-state index in [1.807, 2.05) is 23.7 Å². The molecule has 33 heavy (non-hydrogen) atoms. The topological polar surface area (TPSA) is 88.5 Å². The van der Waals surface area contributed by atoms with Crippen molar-refractivity contribution in [3.05, 3.63) is 47.3 Å². The second kappa shape index (κ2) is 11.5. The molecule has 1 aromatic carbocycles. The molecule has 0 bridgehead atoms. The van der Waals surface area contributed by atoms with Crippen LogP contribution in [0.2, 0.25) is 0 Å². The third-order valence-corrected chi connectivity index (χ3v) is 6.38. The standard InChI is InChI=1S/C24H33N5O3.ClH/c1-3-32-24(31)28-13-9-19(10-14-28)27-23(30)21-16-26-29(20-6-4-5-17(2)15-20)22(21)18-7-11-25-12-8-18;/h4-6,15-16,18-19,25H,3,7-14H2,1-2H3,(H,27,30);1H. The summed E-state index contributed by atoms with van der Waals surface area (Å²) in [6, 6.07) is 8.27. The van der Waals surface area contributed by atoms with Crippen LogP contribution in [0.3, 0.4) is 0 Å². The zero-order chi connectivity index (χ0) is 22.5. The lowest BCUT2D eigenvalue weighted by molar-refractivity contribution is 0.0859. The highest BCUT2D eigenvalue weighted by Gasteiger charge is 2.29. The van der Waals surface area contributed by atoms with Gasteiger partial charge in [0, 0.05) is 25.0 Å². The summed E-state index contributed by atoms with van der Waals surface area (Å²) < 4.78 is 7.03. The van der Waals surface area contributed by atoms with Crippen LogP contribution < -0.4 is 10.6 Å². The number of nitrogens with one attached hydrogen (secondary N) is 2. The third kappa shape index (κ3) is 5.86. The first-order chi connectivity index (χ1) is 15.6. The Morgan fingerprint density at radius 1 is 1.18 bits per heavy atom. The molecular weight excluding hydrogens is 442 g/mol. The van der Waals surface area contributed by atoms with Crippen molar-refractivity contribution in [2.45, 2.75) is 51.5 Å². The van der Waals surface area contributed by atoms with Crippen LogP contribution in [0.4, 0.5) is 4.79 Å². The highest BCUT2D eigenvalue weighted by molar-refractivity contribution is 5.95. The van der Waals surface area contributed by atoms with E-state index in [1.165, 1.54) is 0 Å². The molecule has 2 aliphatic rings. The number of hydrogen-bond donors (Lipinski definition) is 2. The van der Waals surface area contributed by atoms with E-state index in [0.29, 0.717) is 25.3 Å². The molecule has 2 aliphatic heterocycles. The summed E-state index contributed by atoms with van der Waals surface area (Å²) >= 11 is 0. The van der Waals surface area contributed by atoms with Gasteiger partial charge in [-0.25, -0.2) is 9.48 Å². The molecule has 1 aromatic heterocycles. The van der Waals surface area contributed by atoms with Crippen molar-refractivity contribution in [2.24, 2.45) is 0 Å². The van der Waals surface area contributed by atoms with Gasteiger partial charge in [0.2, 0.25) is 0 Å². The Bertz CT molecular complexity index is 949. The molecule has 4 rings (SSSR count). The van der Waals surface area contributed by atoms with Gasteiger partial charge in [-0.3, -0.25) is 4.79 Å². The normalized spacial score (nSPS) is 17.3. The van der Waals surface area contributed by atoms with Crippen molar-refractivity contribution in [2.75, 3.05) is 32.8 Å². The average molecular weight is 476 g/mol. The van der Waals surface area contributed by atoms with Gasteiger partial charge in [-0.05, 0) is 70.3 Å². The maximum absolute atomic E-state index is 13.3. The zero-order valence-corrected chi connectivity index (χ0v) is 20.2. The number of ether oxygens (including phenoxy) is 1. The van der Waals surface area contributed by atoms with Crippen molar-refractivity contribution in [1.29, 1.82) is 0 Å². The predicted molar refractivity (Wildman–Crippen MR) is 129 cm³/mol. The highest BCUT2D eigenvalue weighted by atomic mass is 35.5. The van der Waals surface area contributed by atoms with Gasteiger partial charge in [0.15, 0.2) is 0 Å². The van der Waals surface area contributed by atoms with Crippen LogP contribution in [0.1, 0.15) is 60.1 Å². The predicted octanol–water partition coefficient (Wildman–Crippen LogP) is 3.42. The van der Waals surface area contributed by atoms with E-state index >= 15 is 0 Å². The first-order valence-corrected chi connectivity index (χ1v) is 11.6. The van der Waals surface area contributed by atoms with Crippen molar-refractivity contribution in [1.82, 2.24) is 25.3 Å². The number of nitrogens with zero attached hydrogens (tertiary/aromatic N) is 3. The van der Waals surface area contributed by atoms with Gasteiger partial charge in [0.1, 0.15) is 0 Å². The summed E-state index contributed by atoms with van der Waals surface area (Å²) in [6.07, 6.45) is 4.84. The van der Waals surface area contributed by atoms with Gasteiger partial charge >= 0.3 is 6.09 Å².